The topological polar surface area (TPSA) is 64.0 Å². The van der Waals surface area contributed by atoms with Crippen LogP contribution < -0.4 is 46.9 Å². The molecule has 0 aliphatic carbocycles. The van der Waals surface area contributed by atoms with Gasteiger partial charge in [0.15, 0.2) is 0 Å². The van der Waals surface area contributed by atoms with Gasteiger partial charge in [-0.3, -0.25) is 14.8 Å². The van der Waals surface area contributed by atoms with Crippen molar-refractivity contribution in [2.75, 3.05) is 19.6 Å². The van der Waals surface area contributed by atoms with E-state index < -0.39 is 0 Å². The lowest BCUT2D eigenvalue weighted by atomic mass is 9.30. The van der Waals surface area contributed by atoms with Gasteiger partial charge in [0.2, 0.25) is 6.71 Å². The minimum atomic E-state index is -0.246. The zero-order chi connectivity index (χ0) is 48.6. The molecule has 73 heavy (non-hydrogen) atoms. The Hall–Kier alpha value is -9.53. The second-order valence-electron chi connectivity index (χ2n) is 18.8. The predicted molar refractivity (Wildman–Crippen MR) is 304 cm³/mol. The number of aliphatic imine (C=N–C) groups is 1. The molecule has 0 bridgehead atoms. The van der Waals surface area contributed by atoms with Gasteiger partial charge in [0.1, 0.15) is 23.8 Å². The van der Waals surface area contributed by atoms with Crippen LogP contribution in [-0.2, 0) is 0 Å². The van der Waals surface area contributed by atoms with Crippen molar-refractivity contribution in [2.45, 2.75) is 6.92 Å². The molecule has 0 atom stereocenters. The molecule has 8 aromatic carbocycles. The SMILES string of the molecule is C=N/C=C\C1=C(C)B2c3cc4c(cc3N(c3cc(-c5ccccc5)cc(-c5ccccc5)c3)c3cccc(c32)N1c1ccccc1)N(c1ccccc1)c1ncnc2c1B4c1cccnc1N2c1ccccc1. The molecule has 8 nitrogen and oxygen atoms in total. The van der Waals surface area contributed by atoms with Crippen LogP contribution >= 0.6 is 0 Å². The van der Waals surface area contributed by atoms with E-state index in [-0.39, 0.29) is 13.4 Å². The Morgan fingerprint density at radius 3 is 1.56 bits per heavy atom. The highest BCUT2D eigenvalue weighted by Gasteiger charge is 2.49. The summed E-state index contributed by atoms with van der Waals surface area (Å²) in [5, 5.41) is 0. The van der Waals surface area contributed by atoms with Gasteiger partial charge >= 0.3 is 0 Å². The zero-order valence-corrected chi connectivity index (χ0v) is 40.0. The highest BCUT2D eigenvalue weighted by atomic mass is 15.3. The monoisotopic (exact) mass is 934 g/mol. The maximum atomic E-state index is 5.24. The summed E-state index contributed by atoms with van der Waals surface area (Å²) in [5.41, 5.74) is 21.0. The Morgan fingerprint density at radius 1 is 0.411 bits per heavy atom. The van der Waals surface area contributed by atoms with Crippen LogP contribution in [0.4, 0.5) is 63.0 Å². The summed E-state index contributed by atoms with van der Waals surface area (Å²) in [4.78, 5) is 29.3. The normalized spacial score (nSPS) is 13.9. The van der Waals surface area contributed by atoms with Gasteiger partial charge in [-0.05, 0) is 143 Å². The lowest BCUT2D eigenvalue weighted by molar-refractivity contribution is 1.07. The second-order valence-corrected chi connectivity index (χ2v) is 18.8. The summed E-state index contributed by atoms with van der Waals surface area (Å²) in [6, 6.07) is 76.3. The van der Waals surface area contributed by atoms with Crippen LogP contribution in [0.2, 0.25) is 0 Å². The van der Waals surface area contributed by atoms with Crippen LogP contribution in [0.15, 0.2) is 253 Å². The number of aromatic nitrogens is 3. The largest absolute Gasteiger partial charge is 0.312 e. The highest BCUT2D eigenvalue weighted by molar-refractivity contribution is 7.01. The number of para-hydroxylation sites is 3. The summed E-state index contributed by atoms with van der Waals surface area (Å²) < 4.78 is 0. The fourth-order valence-corrected chi connectivity index (χ4v) is 11.8. The van der Waals surface area contributed by atoms with Gasteiger partial charge in [-0.15, -0.1) is 0 Å². The molecule has 2 aromatic heterocycles. The maximum Gasteiger partial charge on any atom is 0.258 e. The van der Waals surface area contributed by atoms with E-state index in [2.05, 4.69) is 251 Å². The average molecular weight is 935 g/mol. The van der Waals surface area contributed by atoms with Gasteiger partial charge < -0.3 is 9.80 Å². The Bertz CT molecular complexity index is 3810. The van der Waals surface area contributed by atoms with E-state index in [9.17, 15) is 0 Å². The first kappa shape index (κ1) is 42.4. The molecule has 0 unspecified atom stereocenters. The van der Waals surface area contributed by atoms with Crippen LogP contribution in [0.1, 0.15) is 6.92 Å². The summed E-state index contributed by atoms with van der Waals surface area (Å²) in [6.45, 7) is 5.78. The average Bonchev–Trinajstić information content (AvgIpc) is 3.46. The third-order valence-corrected chi connectivity index (χ3v) is 14.9. The second kappa shape index (κ2) is 17.1. The van der Waals surface area contributed by atoms with Gasteiger partial charge in [0.25, 0.3) is 6.71 Å². The van der Waals surface area contributed by atoms with Crippen molar-refractivity contribution in [1.82, 2.24) is 15.0 Å². The molecule has 0 radical (unpaired) electrons. The van der Waals surface area contributed by atoms with E-state index in [1.54, 1.807) is 6.33 Å². The van der Waals surface area contributed by atoms with Gasteiger partial charge in [-0.1, -0.05) is 139 Å². The first-order valence-electron chi connectivity index (χ1n) is 24.7. The Kier molecular flexibility index (Phi) is 9.93. The molecule has 10 aromatic rings. The molecule has 0 saturated carbocycles. The number of benzene rings is 8. The highest BCUT2D eigenvalue weighted by Crippen LogP contribution is 2.49. The molecule has 0 fully saturated rings. The van der Waals surface area contributed by atoms with Crippen molar-refractivity contribution in [1.29, 1.82) is 0 Å². The van der Waals surface area contributed by atoms with Gasteiger partial charge in [-0.25, -0.2) is 15.0 Å². The number of hydrogen-bond acceptors (Lipinski definition) is 8. The quantitative estimate of drug-likeness (QED) is 0.111. The predicted octanol–water partition coefficient (Wildman–Crippen LogP) is 11.9. The first-order chi connectivity index (χ1) is 36.1. The molecular weight excluding hydrogens is 890 g/mol. The molecule has 0 N–H and O–H groups in total. The lowest BCUT2D eigenvalue weighted by Crippen LogP contribution is -2.64. The van der Waals surface area contributed by atoms with Crippen molar-refractivity contribution in [2.24, 2.45) is 4.99 Å². The van der Waals surface area contributed by atoms with Crippen molar-refractivity contribution >= 4 is 110 Å². The van der Waals surface area contributed by atoms with E-state index in [4.69, 9.17) is 15.0 Å². The number of fused-ring (bicyclic) bond motifs is 6. The van der Waals surface area contributed by atoms with Gasteiger partial charge in [-0.2, -0.15) is 0 Å². The minimum absolute atomic E-state index is 0.145. The molecule has 4 aliphatic heterocycles. The van der Waals surface area contributed by atoms with Crippen LogP contribution in [-0.4, -0.2) is 35.1 Å². The third kappa shape index (κ3) is 6.64. The molecule has 342 valence electrons. The summed E-state index contributed by atoms with van der Waals surface area (Å²) in [6.07, 6.45) is 7.52. The van der Waals surface area contributed by atoms with Crippen molar-refractivity contribution in [3.05, 3.63) is 248 Å². The van der Waals surface area contributed by atoms with Crippen LogP contribution in [0, 0.1) is 0 Å². The molecule has 0 spiro atoms. The van der Waals surface area contributed by atoms with Crippen LogP contribution in [0.3, 0.4) is 0 Å². The summed E-state index contributed by atoms with van der Waals surface area (Å²) in [7, 11) is 0. The molecule has 4 aliphatic rings. The maximum absolute atomic E-state index is 5.24. The molecule has 0 amide bonds. The van der Waals surface area contributed by atoms with E-state index in [1.165, 1.54) is 16.4 Å². The smallest absolute Gasteiger partial charge is 0.258 e. The summed E-state index contributed by atoms with van der Waals surface area (Å²) in [5.74, 6) is 2.50. The number of hydrogen-bond donors (Lipinski definition) is 0. The summed E-state index contributed by atoms with van der Waals surface area (Å²) >= 11 is 0. The van der Waals surface area contributed by atoms with E-state index in [1.807, 2.05) is 18.5 Å². The zero-order valence-electron chi connectivity index (χ0n) is 40.0. The fourth-order valence-electron chi connectivity index (χ4n) is 11.8. The molecule has 0 saturated heterocycles. The van der Waals surface area contributed by atoms with Crippen LogP contribution in [0.25, 0.3) is 22.3 Å². The van der Waals surface area contributed by atoms with Crippen molar-refractivity contribution in [3.63, 3.8) is 0 Å². The van der Waals surface area contributed by atoms with Gasteiger partial charge in [0, 0.05) is 69.1 Å². The molecule has 10 heteroatoms. The number of nitrogens with zero attached hydrogens (tertiary/aromatic N) is 8. The Balaban J connectivity index is 1.10. The number of rotatable bonds is 8. The lowest BCUT2D eigenvalue weighted by Gasteiger charge is -2.46. The minimum Gasteiger partial charge on any atom is -0.312 e. The van der Waals surface area contributed by atoms with Crippen molar-refractivity contribution < 1.29 is 0 Å². The number of allylic oxidation sites excluding steroid dienone is 2. The molecular formula is C63H44B2N8. The molecule has 6 heterocycles. The Morgan fingerprint density at radius 2 is 0.945 bits per heavy atom. The first-order valence-corrected chi connectivity index (χ1v) is 24.7. The Labute approximate surface area is 425 Å². The molecule has 14 rings (SSSR count). The fraction of sp³-hybridized carbons (Fsp3) is 0.0159. The van der Waals surface area contributed by atoms with E-state index in [0.717, 1.165) is 107 Å². The van der Waals surface area contributed by atoms with Crippen LogP contribution in [0.5, 0.6) is 0 Å². The number of pyridine rings is 1. The van der Waals surface area contributed by atoms with Gasteiger partial charge in [0.05, 0.1) is 0 Å². The number of anilines is 11. The van der Waals surface area contributed by atoms with E-state index >= 15 is 0 Å². The third-order valence-electron chi connectivity index (χ3n) is 14.9. The van der Waals surface area contributed by atoms with Crippen molar-refractivity contribution in [3.8, 4) is 22.3 Å². The standard InChI is InChI=1S/C63H44B2N8/c1-42-54(33-35-66-2)70(47-24-12-5-13-25-47)55-31-18-32-56-59(55)64(42)52-39-53-58(40-57(52)71(56)50-37-45(43-20-8-3-9-21-43)36-46(38-50)44-22-10-4-11-23-44)72(48-26-14-6-15-27-48)62-60-63(69-41-68-62)73(49-28-16-7-17-29-49)61-51(65(53)60)30-19-34-67-61/h3-41H,2H2,1H3/b35-33-. The van der Waals surface area contributed by atoms with E-state index in [0.29, 0.717) is 0 Å².